The van der Waals surface area contributed by atoms with Crippen molar-refractivity contribution < 1.29 is 9.84 Å². The Bertz CT molecular complexity index is 375. The molecular formula is C15H25NO2. The SMILES string of the molecule is CCCOc1ccccc1C(O)C(C)(C)N(C)C. The Kier molecular flexibility index (Phi) is 5.17. The lowest BCUT2D eigenvalue weighted by molar-refractivity contribution is 0.0146. The molecule has 0 fully saturated rings. The zero-order valence-electron chi connectivity index (χ0n) is 12.1. The fourth-order valence-corrected chi connectivity index (χ4v) is 1.68. The molecule has 0 aliphatic heterocycles. The fourth-order valence-electron chi connectivity index (χ4n) is 1.68. The summed E-state index contributed by atoms with van der Waals surface area (Å²) in [5.74, 6) is 0.779. The van der Waals surface area contributed by atoms with Crippen LogP contribution in [0.5, 0.6) is 5.75 Å². The van der Waals surface area contributed by atoms with Crippen LogP contribution in [0.15, 0.2) is 24.3 Å². The van der Waals surface area contributed by atoms with Crippen molar-refractivity contribution in [1.82, 2.24) is 4.90 Å². The summed E-state index contributed by atoms with van der Waals surface area (Å²) in [7, 11) is 3.94. The number of aliphatic hydroxyl groups is 1. The molecule has 0 spiro atoms. The third-order valence-corrected chi connectivity index (χ3v) is 3.50. The van der Waals surface area contributed by atoms with Gasteiger partial charge >= 0.3 is 0 Å². The minimum Gasteiger partial charge on any atom is -0.493 e. The highest BCUT2D eigenvalue weighted by Gasteiger charge is 2.32. The largest absolute Gasteiger partial charge is 0.493 e. The first-order valence-corrected chi connectivity index (χ1v) is 6.48. The number of nitrogens with zero attached hydrogens (tertiary/aromatic N) is 1. The molecule has 0 radical (unpaired) electrons. The second-order valence-corrected chi connectivity index (χ2v) is 5.34. The first kappa shape index (κ1) is 15.0. The van der Waals surface area contributed by atoms with Crippen molar-refractivity contribution in [3.8, 4) is 5.75 Å². The van der Waals surface area contributed by atoms with Crippen molar-refractivity contribution in [3.63, 3.8) is 0 Å². The van der Waals surface area contributed by atoms with Crippen LogP contribution in [-0.2, 0) is 0 Å². The monoisotopic (exact) mass is 251 g/mol. The van der Waals surface area contributed by atoms with Gasteiger partial charge in [0, 0.05) is 11.1 Å². The Balaban J connectivity index is 3.01. The second-order valence-electron chi connectivity index (χ2n) is 5.34. The Labute approximate surface area is 110 Å². The maximum Gasteiger partial charge on any atom is 0.125 e. The molecule has 1 aromatic rings. The van der Waals surface area contributed by atoms with Gasteiger partial charge in [0.2, 0.25) is 0 Å². The summed E-state index contributed by atoms with van der Waals surface area (Å²) in [5.41, 5.74) is 0.510. The van der Waals surface area contributed by atoms with Crippen LogP contribution in [0, 0.1) is 0 Å². The van der Waals surface area contributed by atoms with Crippen molar-refractivity contribution >= 4 is 0 Å². The zero-order chi connectivity index (χ0) is 13.8. The highest BCUT2D eigenvalue weighted by molar-refractivity contribution is 5.36. The van der Waals surface area contributed by atoms with Crippen LogP contribution in [-0.4, -0.2) is 36.2 Å². The van der Waals surface area contributed by atoms with E-state index in [-0.39, 0.29) is 5.54 Å². The highest BCUT2D eigenvalue weighted by atomic mass is 16.5. The number of rotatable bonds is 6. The lowest BCUT2D eigenvalue weighted by atomic mass is 9.89. The molecule has 0 saturated heterocycles. The molecule has 0 aliphatic carbocycles. The van der Waals surface area contributed by atoms with Gasteiger partial charge in [-0.15, -0.1) is 0 Å². The van der Waals surface area contributed by atoms with E-state index in [2.05, 4.69) is 6.92 Å². The third kappa shape index (κ3) is 3.24. The maximum absolute atomic E-state index is 10.6. The molecule has 1 aromatic carbocycles. The fraction of sp³-hybridized carbons (Fsp3) is 0.600. The molecule has 3 heteroatoms. The molecule has 3 nitrogen and oxygen atoms in total. The molecule has 0 amide bonds. The molecule has 1 N–H and O–H groups in total. The van der Waals surface area contributed by atoms with Gasteiger partial charge in [0.1, 0.15) is 11.9 Å². The van der Waals surface area contributed by atoms with Crippen LogP contribution >= 0.6 is 0 Å². The summed E-state index contributed by atoms with van der Waals surface area (Å²) >= 11 is 0. The van der Waals surface area contributed by atoms with Gasteiger partial charge in [0.25, 0.3) is 0 Å². The number of benzene rings is 1. The summed E-state index contributed by atoms with van der Waals surface area (Å²) < 4.78 is 5.70. The first-order chi connectivity index (χ1) is 8.41. The molecule has 0 heterocycles. The van der Waals surface area contributed by atoms with E-state index in [1.165, 1.54) is 0 Å². The van der Waals surface area contributed by atoms with E-state index in [0.717, 1.165) is 17.7 Å². The van der Waals surface area contributed by atoms with Crippen molar-refractivity contribution in [2.45, 2.75) is 38.8 Å². The van der Waals surface area contributed by atoms with Crippen LogP contribution in [0.4, 0.5) is 0 Å². The standard InChI is InChI=1S/C15H25NO2/c1-6-11-18-13-10-8-7-9-12(13)14(17)15(2,3)16(4)5/h7-10,14,17H,6,11H2,1-5H3. The predicted octanol–water partition coefficient (Wildman–Crippen LogP) is 2.85. The third-order valence-electron chi connectivity index (χ3n) is 3.50. The van der Waals surface area contributed by atoms with Crippen LogP contribution in [0.1, 0.15) is 38.9 Å². The molecular weight excluding hydrogens is 226 g/mol. The summed E-state index contributed by atoms with van der Waals surface area (Å²) in [4.78, 5) is 2.02. The van der Waals surface area contributed by atoms with Gasteiger partial charge in [-0.3, -0.25) is 0 Å². The number of ether oxygens (including phenoxy) is 1. The zero-order valence-corrected chi connectivity index (χ0v) is 12.1. The lowest BCUT2D eigenvalue weighted by Gasteiger charge is -2.37. The molecule has 1 unspecified atom stereocenters. The Hall–Kier alpha value is -1.06. The molecule has 1 atom stereocenters. The number of hydrogen-bond donors (Lipinski definition) is 1. The maximum atomic E-state index is 10.6. The van der Waals surface area contributed by atoms with Crippen LogP contribution < -0.4 is 4.74 Å². The van der Waals surface area contributed by atoms with Crippen molar-refractivity contribution in [1.29, 1.82) is 0 Å². The average molecular weight is 251 g/mol. The summed E-state index contributed by atoms with van der Waals surface area (Å²) in [6.45, 7) is 6.79. The van der Waals surface area contributed by atoms with Gasteiger partial charge in [-0.1, -0.05) is 25.1 Å². The number of aliphatic hydroxyl groups excluding tert-OH is 1. The normalized spacial score (nSPS) is 13.7. The van der Waals surface area contributed by atoms with E-state index in [9.17, 15) is 5.11 Å². The smallest absolute Gasteiger partial charge is 0.125 e. The molecule has 0 bridgehead atoms. The number of hydrogen-bond acceptors (Lipinski definition) is 3. The topological polar surface area (TPSA) is 32.7 Å². The van der Waals surface area contributed by atoms with E-state index < -0.39 is 6.10 Å². The predicted molar refractivity (Wildman–Crippen MR) is 75.0 cm³/mol. The highest BCUT2D eigenvalue weighted by Crippen LogP contribution is 2.34. The van der Waals surface area contributed by atoms with Crippen molar-refractivity contribution in [2.24, 2.45) is 0 Å². The van der Waals surface area contributed by atoms with Gasteiger partial charge in [0.05, 0.1) is 6.61 Å². The van der Waals surface area contributed by atoms with Crippen LogP contribution in [0.25, 0.3) is 0 Å². The van der Waals surface area contributed by atoms with Gasteiger partial charge < -0.3 is 14.7 Å². The molecule has 0 aromatic heterocycles. The van der Waals surface area contributed by atoms with Gasteiger partial charge in [-0.2, -0.15) is 0 Å². The van der Waals surface area contributed by atoms with E-state index in [0.29, 0.717) is 6.61 Å². The van der Waals surface area contributed by atoms with E-state index in [4.69, 9.17) is 4.74 Å². The minimum absolute atomic E-state index is 0.342. The summed E-state index contributed by atoms with van der Waals surface area (Å²) in [6, 6.07) is 7.72. The van der Waals surface area contributed by atoms with Crippen LogP contribution in [0.3, 0.4) is 0 Å². The van der Waals surface area contributed by atoms with E-state index in [1.54, 1.807) is 0 Å². The second kappa shape index (κ2) is 6.21. The molecule has 0 saturated carbocycles. The van der Waals surface area contributed by atoms with Gasteiger partial charge in [-0.05, 0) is 40.4 Å². The van der Waals surface area contributed by atoms with Crippen molar-refractivity contribution in [3.05, 3.63) is 29.8 Å². The van der Waals surface area contributed by atoms with E-state index in [1.807, 2.05) is 57.1 Å². The Morgan fingerprint density at radius 2 is 1.89 bits per heavy atom. The Morgan fingerprint density at radius 3 is 2.44 bits per heavy atom. The number of para-hydroxylation sites is 1. The van der Waals surface area contributed by atoms with E-state index >= 15 is 0 Å². The average Bonchev–Trinajstić information content (AvgIpc) is 2.35. The van der Waals surface area contributed by atoms with Crippen LogP contribution in [0.2, 0.25) is 0 Å². The summed E-state index contributed by atoms with van der Waals surface area (Å²) in [5, 5.41) is 10.6. The lowest BCUT2D eigenvalue weighted by Crippen LogP contribution is -2.43. The first-order valence-electron chi connectivity index (χ1n) is 6.48. The number of likely N-dealkylation sites (N-methyl/N-ethyl adjacent to an activating group) is 1. The van der Waals surface area contributed by atoms with Crippen molar-refractivity contribution in [2.75, 3.05) is 20.7 Å². The molecule has 0 aliphatic rings. The van der Waals surface area contributed by atoms with Gasteiger partial charge in [0.15, 0.2) is 0 Å². The van der Waals surface area contributed by atoms with Gasteiger partial charge in [-0.25, -0.2) is 0 Å². The molecule has 18 heavy (non-hydrogen) atoms. The summed E-state index contributed by atoms with van der Waals surface area (Å²) in [6.07, 6.45) is 0.377. The Morgan fingerprint density at radius 1 is 1.28 bits per heavy atom. The molecule has 102 valence electrons. The molecule has 1 rings (SSSR count). The quantitative estimate of drug-likeness (QED) is 0.844. The minimum atomic E-state index is -0.583.